The van der Waals surface area contributed by atoms with Crippen LogP contribution in [0.3, 0.4) is 0 Å². The van der Waals surface area contributed by atoms with E-state index >= 15 is 0 Å². The lowest BCUT2D eigenvalue weighted by molar-refractivity contribution is 0.280. The lowest BCUT2D eigenvalue weighted by atomic mass is 9.83. The summed E-state index contributed by atoms with van der Waals surface area (Å²) < 4.78 is 0. The largest absolute Gasteiger partial charge is 0.316 e. The van der Waals surface area contributed by atoms with E-state index in [4.69, 9.17) is 5.26 Å². The molecule has 98 valence electrons. The van der Waals surface area contributed by atoms with Crippen molar-refractivity contribution in [2.24, 2.45) is 17.3 Å². The van der Waals surface area contributed by atoms with Gasteiger partial charge in [0, 0.05) is 0 Å². The summed E-state index contributed by atoms with van der Waals surface area (Å²) in [5, 5.41) is 12.5. The normalized spacial score (nSPS) is 25.5. The molecule has 0 atom stereocenters. The van der Waals surface area contributed by atoms with Crippen LogP contribution in [0.4, 0.5) is 0 Å². The van der Waals surface area contributed by atoms with Crippen LogP contribution in [0, 0.1) is 28.6 Å². The molecule has 0 unspecified atom stereocenters. The van der Waals surface area contributed by atoms with Gasteiger partial charge >= 0.3 is 0 Å². The minimum Gasteiger partial charge on any atom is -0.316 e. The van der Waals surface area contributed by atoms with E-state index in [-0.39, 0.29) is 5.41 Å². The van der Waals surface area contributed by atoms with Crippen LogP contribution in [0.15, 0.2) is 0 Å². The standard InChI is InChI=1S/C15H28N2/c1-13-5-7-14(8-6-13)11-17-10-4-9-15(2,3)12-16/h13-14,17H,4-11H2,1-3H3. The molecule has 1 aliphatic rings. The molecule has 17 heavy (non-hydrogen) atoms. The third-order valence-electron chi connectivity index (χ3n) is 4.03. The zero-order valence-electron chi connectivity index (χ0n) is 11.8. The molecule has 2 nitrogen and oxygen atoms in total. The molecule has 1 fully saturated rings. The monoisotopic (exact) mass is 236 g/mol. The highest BCUT2D eigenvalue weighted by Gasteiger charge is 2.18. The molecule has 0 aromatic rings. The van der Waals surface area contributed by atoms with Crippen LogP contribution in [0.2, 0.25) is 0 Å². The van der Waals surface area contributed by atoms with Gasteiger partial charge < -0.3 is 5.32 Å². The Labute approximate surface area is 107 Å². The van der Waals surface area contributed by atoms with E-state index in [1.165, 1.54) is 32.2 Å². The Morgan fingerprint density at radius 1 is 1.24 bits per heavy atom. The quantitative estimate of drug-likeness (QED) is 0.713. The first kappa shape index (κ1) is 14.5. The summed E-state index contributed by atoms with van der Waals surface area (Å²) in [7, 11) is 0. The maximum atomic E-state index is 8.91. The van der Waals surface area contributed by atoms with Gasteiger partial charge in [-0.15, -0.1) is 0 Å². The van der Waals surface area contributed by atoms with Gasteiger partial charge in [0.05, 0.1) is 11.5 Å². The molecular weight excluding hydrogens is 208 g/mol. The van der Waals surface area contributed by atoms with E-state index in [0.29, 0.717) is 0 Å². The van der Waals surface area contributed by atoms with E-state index in [2.05, 4.69) is 18.3 Å². The highest BCUT2D eigenvalue weighted by atomic mass is 14.9. The average molecular weight is 236 g/mol. The Kier molecular flexibility index (Phi) is 5.98. The molecule has 0 spiro atoms. The van der Waals surface area contributed by atoms with Crippen LogP contribution in [0.25, 0.3) is 0 Å². The molecule has 0 radical (unpaired) electrons. The van der Waals surface area contributed by atoms with E-state index in [1.54, 1.807) is 0 Å². The zero-order valence-corrected chi connectivity index (χ0v) is 11.8. The molecule has 0 saturated heterocycles. The van der Waals surface area contributed by atoms with E-state index in [0.717, 1.165) is 31.2 Å². The highest BCUT2D eigenvalue weighted by molar-refractivity contribution is 4.91. The van der Waals surface area contributed by atoms with Crippen LogP contribution in [-0.2, 0) is 0 Å². The van der Waals surface area contributed by atoms with Crippen molar-refractivity contribution in [3.05, 3.63) is 0 Å². The molecule has 0 heterocycles. The average Bonchev–Trinajstić information content (AvgIpc) is 2.31. The van der Waals surface area contributed by atoms with Gasteiger partial charge in [0.2, 0.25) is 0 Å². The fourth-order valence-corrected chi connectivity index (χ4v) is 2.55. The summed E-state index contributed by atoms with van der Waals surface area (Å²) >= 11 is 0. The van der Waals surface area contributed by atoms with Crippen molar-refractivity contribution in [3.63, 3.8) is 0 Å². The minimum absolute atomic E-state index is 0.151. The van der Waals surface area contributed by atoms with Crippen molar-refractivity contribution in [2.45, 2.75) is 59.3 Å². The first-order chi connectivity index (χ1) is 8.03. The number of nitrogens with zero attached hydrogens (tertiary/aromatic N) is 1. The Bertz CT molecular complexity index is 244. The third kappa shape index (κ3) is 6.07. The van der Waals surface area contributed by atoms with Gasteiger partial charge in [0.1, 0.15) is 0 Å². The van der Waals surface area contributed by atoms with Crippen molar-refractivity contribution in [3.8, 4) is 6.07 Å². The van der Waals surface area contributed by atoms with E-state index in [1.807, 2.05) is 13.8 Å². The van der Waals surface area contributed by atoms with Crippen molar-refractivity contribution >= 4 is 0 Å². The fraction of sp³-hybridized carbons (Fsp3) is 0.933. The van der Waals surface area contributed by atoms with Gasteiger partial charge in [-0.3, -0.25) is 0 Å². The fourth-order valence-electron chi connectivity index (χ4n) is 2.55. The van der Waals surface area contributed by atoms with Crippen molar-refractivity contribution < 1.29 is 0 Å². The molecule has 0 amide bonds. The number of rotatable bonds is 6. The lowest BCUT2D eigenvalue weighted by Gasteiger charge is -2.26. The Morgan fingerprint density at radius 2 is 1.88 bits per heavy atom. The van der Waals surface area contributed by atoms with Crippen LogP contribution in [0.1, 0.15) is 59.3 Å². The van der Waals surface area contributed by atoms with Gasteiger partial charge in [-0.05, 0) is 64.5 Å². The third-order valence-corrected chi connectivity index (χ3v) is 4.03. The van der Waals surface area contributed by atoms with Crippen molar-refractivity contribution in [1.29, 1.82) is 5.26 Å². The highest BCUT2D eigenvalue weighted by Crippen LogP contribution is 2.27. The van der Waals surface area contributed by atoms with Crippen molar-refractivity contribution in [2.75, 3.05) is 13.1 Å². The number of nitriles is 1. The number of nitrogens with one attached hydrogen (secondary N) is 1. The molecule has 0 aromatic carbocycles. The van der Waals surface area contributed by atoms with Gasteiger partial charge in [-0.2, -0.15) is 5.26 Å². The number of hydrogen-bond acceptors (Lipinski definition) is 2. The summed E-state index contributed by atoms with van der Waals surface area (Å²) in [4.78, 5) is 0. The van der Waals surface area contributed by atoms with Crippen molar-refractivity contribution in [1.82, 2.24) is 5.32 Å². The SMILES string of the molecule is CC1CCC(CNCCCC(C)(C)C#N)CC1. The summed E-state index contributed by atoms with van der Waals surface area (Å²) in [6.45, 7) is 8.66. The summed E-state index contributed by atoms with van der Waals surface area (Å²) in [6.07, 6.45) is 7.74. The summed E-state index contributed by atoms with van der Waals surface area (Å²) in [5.74, 6) is 1.85. The van der Waals surface area contributed by atoms with Crippen LogP contribution in [-0.4, -0.2) is 13.1 Å². The van der Waals surface area contributed by atoms with E-state index < -0.39 is 0 Å². The van der Waals surface area contributed by atoms with Crippen LogP contribution < -0.4 is 5.32 Å². The summed E-state index contributed by atoms with van der Waals surface area (Å²) in [5.41, 5.74) is -0.151. The molecule has 0 aromatic heterocycles. The second-order valence-electron chi connectivity index (χ2n) is 6.43. The molecule has 1 aliphatic carbocycles. The first-order valence-electron chi connectivity index (χ1n) is 7.15. The van der Waals surface area contributed by atoms with Crippen LogP contribution in [0.5, 0.6) is 0 Å². The molecule has 2 heteroatoms. The smallest absolute Gasteiger partial charge is 0.0683 e. The van der Waals surface area contributed by atoms with Gasteiger partial charge in [-0.25, -0.2) is 0 Å². The lowest BCUT2D eigenvalue weighted by Crippen LogP contribution is -2.27. The van der Waals surface area contributed by atoms with Gasteiger partial charge in [0.25, 0.3) is 0 Å². The predicted octanol–water partition coefficient (Wildman–Crippen LogP) is 3.73. The summed E-state index contributed by atoms with van der Waals surface area (Å²) in [6, 6.07) is 2.36. The first-order valence-corrected chi connectivity index (χ1v) is 7.15. The molecule has 0 bridgehead atoms. The topological polar surface area (TPSA) is 35.8 Å². The van der Waals surface area contributed by atoms with Crippen LogP contribution >= 0.6 is 0 Å². The molecule has 1 N–H and O–H groups in total. The molecule has 1 rings (SSSR count). The number of hydrogen-bond donors (Lipinski definition) is 1. The predicted molar refractivity (Wildman–Crippen MR) is 72.6 cm³/mol. The zero-order chi connectivity index (χ0) is 12.7. The van der Waals surface area contributed by atoms with Gasteiger partial charge in [-0.1, -0.05) is 19.8 Å². The Morgan fingerprint density at radius 3 is 2.47 bits per heavy atom. The van der Waals surface area contributed by atoms with E-state index in [9.17, 15) is 0 Å². The Hall–Kier alpha value is -0.550. The van der Waals surface area contributed by atoms with Gasteiger partial charge in [0.15, 0.2) is 0 Å². The maximum Gasteiger partial charge on any atom is 0.0683 e. The molecule has 0 aliphatic heterocycles. The molecule has 1 saturated carbocycles. The second-order valence-corrected chi connectivity index (χ2v) is 6.43. The minimum atomic E-state index is -0.151. The second kappa shape index (κ2) is 7.01. The Balaban J connectivity index is 2.00. The maximum absolute atomic E-state index is 8.91. The molecular formula is C15H28N2.